The molecule has 11 nitrogen and oxygen atoms in total. The summed E-state index contributed by atoms with van der Waals surface area (Å²) in [5.41, 5.74) is 8.80. The van der Waals surface area contributed by atoms with Gasteiger partial charge in [0.2, 0.25) is 0 Å². The number of hydrogen-bond acceptors (Lipinski definition) is 8. The molecule has 1 fully saturated rings. The van der Waals surface area contributed by atoms with Gasteiger partial charge in [-0.3, -0.25) is 4.79 Å². The number of rotatable bonds is 6. The first-order chi connectivity index (χ1) is 18.4. The summed E-state index contributed by atoms with van der Waals surface area (Å²) in [4.78, 5) is 35.5. The van der Waals surface area contributed by atoms with Crippen LogP contribution in [0, 0.1) is 0 Å². The molecule has 3 rings (SSSR count). The number of allylic oxidation sites excluding steroid dienone is 3. The number of nitrogens with zero attached hydrogens (tertiary/aromatic N) is 5. The van der Waals surface area contributed by atoms with Gasteiger partial charge in [0, 0.05) is 43.5 Å². The zero-order chi connectivity index (χ0) is 27.3. The molecule has 0 aromatic heterocycles. The van der Waals surface area contributed by atoms with Crippen molar-refractivity contribution in [3.63, 3.8) is 0 Å². The number of azide groups is 1. The zero-order valence-electron chi connectivity index (χ0n) is 21.1. The molecule has 2 N–H and O–H groups in total. The molecule has 0 spiro atoms. The Labute approximate surface area is 226 Å². The van der Waals surface area contributed by atoms with Crippen LogP contribution in [0.5, 0.6) is 11.5 Å². The smallest absolute Gasteiger partial charge is 0.342 e. The quantitative estimate of drug-likeness (QED) is 0.125. The summed E-state index contributed by atoms with van der Waals surface area (Å²) < 4.78 is 5.65. The molecule has 0 bridgehead atoms. The van der Waals surface area contributed by atoms with Gasteiger partial charge in [-0.2, -0.15) is 0 Å². The average Bonchev–Trinajstić information content (AvgIpc) is 2.90. The zero-order valence-corrected chi connectivity index (χ0v) is 21.8. The molecular formula is C26H32ClN5O6. The first-order valence-electron chi connectivity index (χ1n) is 12.6. The van der Waals surface area contributed by atoms with Crippen molar-refractivity contribution in [1.82, 2.24) is 4.90 Å². The lowest BCUT2D eigenvalue weighted by Gasteiger charge is -2.26. The second-order valence-corrected chi connectivity index (χ2v) is 9.39. The average molecular weight is 546 g/mol. The summed E-state index contributed by atoms with van der Waals surface area (Å²) in [6, 6.07) is 0.973. The molecule has 38 heavy (non-hydrogen) atoms. The van der Waals surface area contributed by atoms with Crippen molar-refractivity contribution in [3.8, 4) is 11.5 Å². The predicted octanol–water partition coefficient (Wildman–Crippen LogP) is 5.20. The fourth-order valence-electron chi connectivity index (χ4n) is 4.24. The molecule has 0 aliphatic carbocycles. The molecule has 1 saturated heterocycles. The van der Waals surface area contributed by atoms with Gasteiger partial charge in [-0.1, -0.05) is 40.1 Å². The Bertz CT molecular complexity index is 1140. The van der Waals surface area contributed by atoms with Gasteiger partial charge in [0.15, 0.2) is 6.61 Å². The fourth-order valence-corrected chi connectivity index (χ4v) is 4.46. The third kappa shape index (κ3) is 8.43. The van der Waals surface area contributed by atoms with Crippen LogP contribution in [-0.4, -0.2) is 65.0 Å². The lowest BCUT2D eigenvalue weighted by molar-refractivity contribution is -0.137. The van der Waals surface area contributed by atoms with Crippen molar-refractivity contribution in [2.24, 2.45) is 10.3 Å². The van der Waals surface area contributed by atoms with Crippen LogP contribution in [0.3, 0.4) is 0 Å². The Morgan fingerprint density at radius 3 is 2.71 bits per heavy atom. The number of carbonyl (C=O) groups is 2. The summed E-state index contributed by atoms with van der Waals surface area (Å²) in [5.74, 6) is -1.93. The molecule has 2 aliphatic rings. The minimum atomic E-state index is -0.847. The molecule has 1 atom stereocenters. The number of phenols is 2. The number of cyclic esters (lactones) is 1. The molecule has 2 heterocycles. The molecule has 1 unspecified atom stereocenters. The van der Waals surface area contributed by atoms with Crippen LogP contribution in [-0.2, 0) is 20.8 Å². The van der Waals surface area contributed by atoms with Crippen molar-refractivity contribution in [2.45, 2.75) is 57.5 Å². The number of aromatic hydroxyl groups is 2. The normalized spacial score (nSPS) is 19.7. The first kappa shape index (κ1) is 28.9. The SMILES string of the molecule is [N-]=[N+]=NCCC1CC=CCCC=CC(=NOCC(=O)N2CCCCC2)Cc2c(Cl)c(O)cc(O)c2C(=O)O1. The number of fused-ring (bicyclic) bond motifs is 1. The number of piperidine rings is 1. The highest BCUT2D eigenvalue weighted by molar-refractivity contribution is 6.33. The van der Waals surface area contributed by atoms with Crippen molar-refractivity contribution in [3.05, 3.63) is 57.0 Å². The Balaban J connectivity index is 1.89. The van der Waals surface area contributed by atoms with Crippen LogP contribution in [0.1, 0.15) is 60.9 Å². The van der Waals surface area contributed by atoms with E-state index in [0.29, 0.717) is 38.1 Å². The Morgan fingerprint density at radius 1 is 1.18 bits per heavy atom. The summed E-state index contributed by atoms with van der Waals surface area (Å²) in [6.07, 6.45) is 11.8. The molecule has 204 valence electrons. The highest BCUT2D eigenvalue weighted by Gasteiger charge is 2.26. The van der Waals surface area contributed by atoms with Gasteiger partial charge in [0.05, 0.1) is 10.7 Å². The van der Waals surface area contributed by atoms with E-state index in [9.17, 15) is 19.8 Å². The van der Waals surface area contributed by atoms with E-state index in [1.165, 1.54) is 0 Å². The number of hydrogen-bond donors (Lipinski definition) is 2. The molecule has 1 amide bonds. The maximum atomic E-state index is 13.2. The predicted molar refractivity (Wildman–Crippen MR) is 142 cm³/mol. The minimum Gasteiger partial charge on any atom is -0.507 e. The van der Waals surface area contributed by atoms with Crippen molar-refractivity contribution >= 4 is 29.2 Å². The second kappa shape index (κ2) is 14.9. The number of likely N-dealkylation sites (tertiary alicyclic amines) is 1. The highest BCUT2D eigenvalue weighted by Crippen LogP contribution is 2.37. The Hall–Kier alpha value is -3.69. The molecule has 2 aliphatic heterocycles. The number of halogens is 1. The maximum Gasteiger partial charge on any atom is 0.342 e. The van der Waals surface area contributed by atoms with Crippen molar-refractivity contribution in [1.29, 1.82) is 0 Å². The first-order valence-corrected chi connectivity index (χ1v) is 13.0. The Morgan fingerprint density at radius 2 is 1.95 bits per heavy atom. The van der Waals surface area contributed by atoms with Crippen LogP contribution >= 0.6 is 11.6 Å². The van der Waals surface area contributed by atoms with Crippen molar-refractivity contribution in [2.75, 3.05) is 26.2 Å². The van der Waals surface area contributed by atoms with Crippen LogP contribution < -0.4 is 0 Å². The number of amides is 1. The van der Waals surface area contributed by atoms with Gasteiger partial charge >= 0.3 is 5.97 Å². The largest absolute Gasteiger partial charge is 0.507 e. The van der Waals surface area contributed by atoms with Crippen LogP contribution in [0.2, 0.25) is 5.02 Å². The standard InChI is InChI=1S/C26H32ClN5O6/c27-25-20-15-18(30-37-17-23(35)32-13-7-4-8-14-32)9-5-2-1-3-6-10-19(11-12-29-31-28)38-26(36)24(20)21(33)16-22(25)34/h3,5-6,9,16,19,33-34H,1-2,4,7-8,10-15,17H2. The lowest BCUT2D eigenvalue weighted by Crippen LogP contribution is -2.37. The van der Waals surface area contributed by atoms with E-state index in [1.807, 2.05) is 18.2 Å². The molecule has 12 heteroatoms. The van der Waals surface area contributed by atoms with Gasteiger partial charge < -0.3 is 24.7 Å². The summed E-state index contributed by atoms with van der Waals surface area (Å²) in [6.45, 7) is 1.28. The van der Waals surface area contributed by atoms with Gasteiger partial charge in [0.25, 0.3) is 5.91 Å². The number of phenolic OH excluding ortho intramolecular Hbond substituents is 2. The maximum absolute atomic E-state index is 13.2. The molecular weight excluding hydrogens is 514 g/mol. The van der Waals surface area contributed by atoms with Crippen LogP contribution in [0.15, 0.2) is 40.6 Å². The number of ether oxygens (including phenoxy) is 1. The summed E-state index contributed by atoms with van der Waals surface area (Å²) >= 11 is 6.37. The van der Waals surface area contributed by atoms with E-state index in [2.05, 4.69) is 15.2 Å². The van der Waals surface area contributed by atoms with E-state index in [4.69, 9.17) is 26.7 Å². The van der Waals surface area contributed by atoms with Gasteiger partial charge in [-0.05, 0) is 55.7 Å². The number of benzene rings is 1. The summed E-state index contributed by atoms with van der Waals surface area (Å²) in [5, 5.41) is 28.3. The highest BCUT2D eigenvalue weighted by atomic mass is 35.5. The summed E-state index contributed by atoms with van der Waals surface area (Å²) in [7, 11) is 0. The van der Waals surface area contributed by atoms with Gasteiger partial charge in [-0.25, -0.2) is 4.79 Å². The topological polar surface area (TPSA) is 157 Å². The molecule has 0 radical (unpaired) electrons. The van der Waals surface area contributed by atoms with Gasteiger partial charge in [-0.15, -0.1) is 0 Å². The molecule has 1 aromatic carbocycles. The fraction of sp³-hybridized carbons (Fsp3) is 0.500. The molecule has 1 aromatic rings. The van der Waals surface area contributed by atoms with E-state index < -0.39 is 23.6 Å². The monoisotopic (exact) mass is 545 g/mol. The van der Waals surface area contributed by atoms with Crippen LogP contribution in [0.25, 0.3) is 10.4 Å². The van der Waals surface area contributed by atoms with E-state index in [1.54, 1.807) is 11.0 Å². The second-order valence-electron chi connectivity index (χ2n) is 9.01. The molecule has 0 saturated carbocycles. The minimum absolute atomic E-state index is 0.0845. The van der Waals surface area contributed by atoms with Crippen LogP contribution in [0.4, 0.5) is 0 Å². The third-order valence-corrected chi connectivity index (χ3v) is 6.65. The van der Waals surface area contributed by atoms with Gasteiger partial charge in [0.1, 0.15) is 23.2 Å². The number of carbonyl (C=O) groups excluding carboxylic acids is 2. The number of oxime groups is 1. The van der Waals surface area contributed by atoms with E-state index in [0.717, 1.165) is 25.3 Å². The number of esters is 1. The van der Waals surface area contributed by atoms with E-state index >= 15 is 0 Å². The van der Waals surface area contributed by atoms with Crippen molar-refractivity contribution < 1.29 is 29.4 Å². The lowest BCUT2D eigenvalue weighted by atomic mass is 9.99. The van der Waals surface area contributed by atoms with E-state index in [-0.39, 0.29) is 48.0 Å². The Kier molecular flexibility index (Phi) is 11.3. The third-order valence-electron chi connectivity index (χ3n) is 6.23.